The predicted octanol–water partition coefficient (Wildman–Crippen LogP) is 4.56. The van der Waals surface area contributed by atoms with E-state index < -0.39 is 5.97 Å². The Hall–Kier alpha value is -2.37. The Kier molecular flexibility index (Phi) is 8.08. The van der Waals surface area contributed by atoms with Crippen molar-refractivity contribution in [3.05, 3.63) is 60.7 Å². The van der Waals surface area contributed by atoms with E-state index >= 15 is 0 Å². The molecule has 1 aliphatic rings. The van der Waals surface area contributed by atoms with E-state index in [9.17, 15) is 4.79 Å². The third-order valence-corrected chi connectivity index (χ3v) is 5.68. The first-order chi connectivity index (χ1) is 14.2. The normalized spacial score (nSPS) is 19.8. The van der Waals surface area contributed by atoms with Gasteiger partial charge in [-0.3, -0.25) is 4.79 Å². The molecule has 1 fully saturated rings. The molecule has 2 atom stereocenters. The molecule has 1 saturated heterocycles. The van der Waals surface area contributed by atoms with Crippen LogP contribution in [0.1, 0.15) is 32.1 Å². The second-order valence-electron chi connectivity index (χ2n) is 7.68. The van der Waals surface area contributed by atoms with Crippen molar-refractivity contribution in [1.29, 1.82) is 0 Å². The summed E-state index contributed by atoms with van der Waals surface area (Å²) in [7, 11) is 1.81. The van der Waals surface area contributed by atoms with Crippen LogP contribution in [-0.4, -0.2) is 54.9 Å². The zero-order chi connectivity index (χ0) is 20.5. The highest BCUT2D eigenvalue weighted by Crippen LogP contribution is 2.32. The summed E-state index contributed by atoms with van der Waals surface area (Å²) in [5, 5.41) is 8.77. The molecule has 5 heteroatoms. The third kappa shape index (κ3) is 6.05. The average molecular weight is 397 g/mol. The number of anilines is 2. The van der Waals surface area contributed by atoms with Gasteiger partial charge in [0.1, 0.15) is 0 Å². The lowest BCUT2D eigenvalue weighted by Crippen LogP contribution is -2.54. The van der Waals surface area contributed by atoms with E-state index in [1.807, 2.05) is 19.2 Å². The number of carboxylic acid groups (broad SMARTS) is 1. The number of piperidine rings is 1. The van der Waals surface area contributed by atoms with Crippen molar-refractivity contribution in [2.75, 3.05) is 31.6 Å². The van der Waals surface area contributed by atoms with Crippen LogP contribution in [0.2, 0.25) is 0 Å². The maximum atomic E-state index is 10.6. The largest absolute Gasteiger partial charge is 0.481 e. The van der Waals surface area contributed by atoms with Gasteiger partial charge in [0.15, 0.2) is 0 Å². The number of ether oxygens (including phenoxy) is 1. The number of hydrogen-bond donors (Lipinski definition) is 1. The standard InChI is InChI=1S/C24H32N2O3/c1-29-23-19-25(17-10-4-9-15-24(27)28)18-16-22(23)26(20-11-5-2-6-12-20)21-13-7-3-8-14-21/h2-3,5-8,11-14,22-23H,4,9-10,15-19H2,1H3,(H,27,28)/t22-,23+/m1/s1. The Bertz CT molecular complexity index is 699. The van der Waals surface area contributed by atoms with Crippen molar-refractivity contribution in [2.24, 2.45) is 0 Å². The Morgan fingerprint density at radius 3 is 2.21 bits per heavy atom. The maximum Gasteiger partial charge on any atom is 0.303 e. The lowest BCUT2D eigenvalue weighted by molar-refractivity contribution is -0.137. The van der Waals surface area contributed by atoms with E-state index in [0.29, 0.717) is 0 Å². The molecule has 0 aromatic heterocycles. The van der Waals surface area contributed by atoms with Crippen molar-refractivity contribution < 1.29 is 14.6 Å². The van der Waals surface area contributed by atoms with Gasteiger partial charge in [0, 0.05) is 38.0 Å². The summed E-state index contributed by atoms with van der Waals surface area (Å²) in [6, 6.07) is 21.3. The van der Waals surface area contributed by atoms with Crippen LogP contribution in [0.5, 0.6) is 0 Å². The summed E-state index contributed by atoms with van der Waals surface area (Å²) in [6.45, 7) is 2.93. The molecule has 1 aliphatic heterocycles. The number of likely N-dealkylation sites (tertiary alicyclic amines) is 1. The summed E-state index contributed by atoms with van der Waals surface area (Å²) < 4.78 is 5.96. The monoisotopic (exact) mass is 396 g/mol. The number of hydrogen-bond acceptors (Lipinski definition) is 4. The van der Waals surface area contributed by atoms with Gasteiger partial charge >= 0.3 is 5.97 Å². The number of para-hydroxylation sites is 2. The van der Waals surface area contributed by atoms with Gasteiger partial charge in [-0.25, -0.2) is 0 Å². The molecule has 1 N–H and O–H groups in total. The lowest BCUT2D eigenvalue weighted by Gasteiger charge is -2.44. The molecule has 0 unspecified atom stereocenters. The fraction of sp³-hybridized carbons (Fsp3) is 0.458. The Balaban J connectivity index is 1.66. The summed E-state index contributed by atoms with van der Waals surface area (Å²) in [5.41, 5.74) is 2.38. The maximum absolute atomic E-state index is 10.6. The van der Waals surface area contributed by atoms with E-state index in [1.54, 1.807) is 0 Å². The van der Waals surface area contributed by atoms with Crippen molar-refractivity contribution in [2.45, 2.75) is 44.2 Å². The Morgan fingerprint density at radius 2 is 1.66 bits per heavy atom. The first-order valence-corrected chi connectivity index (χ1v) is 10.6. The highest BCUT2D eigenvalue weighted by atomic mass is 16.5. The molecule has 2 aromatic carbocycles. The number of carboxylic acids is 1. The van der Waals surface area contributed by atoms with Crippen LogP contribution in [0.15, 0.2) is 60.7 Å². The number of nitrogens with zero attached hydrogens (tertiary/aromatic N) is 2. The van der Waals surface area contributed by atoms with Crippen LogP contribution in [0, 0.1) is 0 Å². The molecule has 1 heterocycles. The molecule has 0 saturated carbocycles. The van der Waals surface area contributed by atoms with Gasteiger partial charge in [-0.1, -0.05) is 42.8 Å². The molecule has 0 spiro atoms. The van der Waals surface area contributed by atoms with Crippen molar-refractivity contribution in [3.8, 4) is 0 Å². The number of unbranched alkanes of at least 4 members (excludes halogenated alkanes) is 2. The molecular weight excluding hydrogens is 364 g/mol. The fourth-order valence-electron chi connectivity index (χ4n) is 4.20. The van der Waals surface area contributed by atoms with E-state index in [-0.39, 0.29) is 18.6 Å². The average Bonchev–Trinajstić information content (AvgIpc) is 2.75. The van der Waals surface area contributed by atoms with Gasteiger partial charge in [-0.2, -0.15) is 0 Å². The third-order valence-electron chi connectivity index (χ3n) is 5.68. The lowest BCUT2D eigenvalue weighted by atomic mass is 9.97. The van der Waals surface area contributed by atoms with Crippen LogP contribution in [-0.2, 0) is 9.53 Å². The van der Waals surface area contributed by atoms with Gasteiger partial charge in [0.05, 0.1) is 12.1 Å². The van der Waals surface area contributed by atoms with E-state index in [0.717, 1.165) is 45.3 Å². The Labute approximate surface area is 173 Å². The first kappa shape index (κ1) is 21.3. The van der Waals surface area contributed by atoms with Gasteiger partial charge < -0.3 is 19.6 Å². The predicted molar refractivity (Wildman–Crippen MR) is 117 cm³/mol. The van der Waals surface area contributed by atoms with Crippen LogP contribution in [0.4, 0.5) is 11.4 Å². The molecule has 0 amide bonds. The SMILES string of the molecule is CO[C@H]1CN(CCCCCC(=O)O)CC[C@H]1N(c1ccccc1)c1ccccc1. The van der Waals surface area contributed by atoms with E-state index in [1.165, 1.54) is 11.4 Å². The number of carbonyl (C=O) groups is 1. The zero-order valence-electron chi connectivity index (χ0n) is 17.2. The Morgan fingerprint density at radius 1 is 1.03 bits per heavy atom. The minimum Gasteiger partial charge on any atom is -0.481 e. The molecule has 0 aliphatic carbocycles. The molecule has 5 nitrogen and oxygen atoms in total. The van der Waals surface area contributed by atoms with Gasteiger partial charge in [0.2, 0.25) is 0 Å². The minimum absolute atomic E-state index is 0.114. The van der Waals surface area contributed by atoms with Crippen molar-refractivity contribution >= 4 is 17.3 Å². The van der Waals surface area contributed by atoms with Crippen molar-refractivity contribution in [1.82, 2.24) is 4.90 Å². The second kappa shape index (κ2) is 11.0. The van der Waals surface area contributed by atoms with Crippen LogP contribution < -0.4 is 4.90 Å². The molecule has 156 valence electrons. The van der Waals surface area contributed by atoms with Gasteiger partial charge in [0.25, 0.3) is 0 Å². The summed E-state index contributed by atoms with van der Waals surface area (Å²) in [4.78, 5) is 15.5. The zero-order valence-corrected chi connectivity index (χ0v) is 17.2. The highest BCUT2D eigenvalue weighted by Gasteiger charge is 2.34. The molecule has 2 aromatic rings. The first-order valence-electron chi connectivity index (χ1n) is 10.6. The van der Waals surface area contributed by atoms with Crippen LogP contribution >= 0.6 is 0 Å². The second-order valence-corrected chi connectivity index (χ2v) is 7.68. The minimum atomic E-state index is -0.702. The highest BCUT2D eigenvalue weighted by molar-refractivity contribution is 5.66. The van der Waals surface area contributed by atoms with Crippen LogP contribution in [0.25, 0.3) is 0 Å². The van der Waals surface area contributed by atoms with Gasteiger partial charge in [-0.15, -0.1) is 0 Å². The number of rotatable bonds is 10. The number of methoxy groups -OCH3 is 1. The topological polar surface area (TPSA) is 53.0 Å². The van der Waals surface area contributed by atoms with E-state index in [4.69, 9.17) is 9.84 Å². The smallest absolute Gasteiger partial charge is 0.303 e. The van der Waals surface area contributed by atoms with Crippen molar-refractivity contribution in [3.63, 3.8) is 0 Å². The molecule has 0 radical (unpaired) electrons. The number of aliphatic carboxylic acids is 1. The molecule has 0 bridgehead atoms. The summed E-state index contributed by atoms with van der Waals surface area (Å²) in [6.07, 6.45) is 4.17. The fourth-order valence-corrected chi connectivity index (χ4v) is 4.20. The van der Waals surface area contributed by atoms with Crippen LogP contribution in [0.3, 0.4) is 0 Å². The molecular formula is C24H32N2O3. The van der Waals surface area contributed by atoms with E-state index in [2.05, 4.69) is 58.3 Å². The number of benzene rings is 2. The summed E-state index contributed by atoms with van der Waals surface area (Å²) in [5.74, 6) is -0.702. The summed E-state index contributed by atoms with van der Waals surface area (Å²) >= 11 is 0. The molecule has 29 heavy (non-hydrogen) atoms. The van der Waals surface area contributed by atoms with Gasteiger partial charge in [-0.05, 0) is 50.1 Å². The molecule has 3 rings (SSSR count). The quantitative estimate of drug-likeness (QED) is 0.597.